The molecule has 0 aliphatic carbocycles. The van der Waals surface area contributed by atoms with Crippen LogP contribution in [0.25, 0.3) is 17.3 Å². The van der Waals surface area contributed by atoms with Crippen molar-refractivity contribution >= 4 is 51.6 Å². The highest BCUT2D eigenvalue weighted by Gasteiger charge is 2.42. The molecule has 1 aliphatic rings. The minimum atomic E-state index is -0.570. The molecule has 0 bridgehead atoms. The molecule has 3 aromatic rings. The lowest BCUT2D eigenvalue weighted by molar-refractivity contribution is -0.121. The molecule has 2 aromatic carbocycles. The van der Waals surface area contributed by atoms with Crippen LogP contribution < -0.4 is 10.2 Å². The van der Waals surface area contributed by atoms with Gasteiger partial charge < -0.3 is 4.90 Å². The molecule has 30 heavy (non-hydrogen) atoms. The molecule has 0 atom stereocenters. The van der Waals surface area contributed by atoms with E-state index in [1.54, 1.807) is 30.2 Å². The van der Waals surface area contributed by atoms with Crippen LogP contribution in [0.2, 0.25) is 5.02 Å². The molecule has 1 aliphatic heterocycles. The normalized spacial score (nSPS) is 14.9. The number of benzene rings is 2. The second-order valence-electron chi connectivity index (χ2n) is 7.63. The van der Waals surface area contributed by atoms with Crippen molar-refractivity contribution in [2.75, 3.05) is 17.3 Å². The number of likely N-dealkylation sites (N-methyl/N-ethyl adjacent to an activating group) is 1. The molecule has 2 heterocycles. The highest BCUT2D eigenvalue weighted by atomic mass is 35.5. The number of nitrogens with zero attached hydrogens (tertiary/aromatic N) is 2. The van der Waals surface area contributed by atoms with E-state index in [1.807, 2.05) is 49.6 Å². The van der Waals surface area contributed by atoms with Crippen LogP contribution in [-0.4, -0.2) is 23.8 Å². The van der Waals surface area contributed by atoms with Crippen molar-refractivity contribution in [3.05, 3.63) is 70.1 Å². The van der Waals surface area contributed by atoms with E-state index >= 15 is 0 Å². The minimum absolute atomic E-state index is 0.0772. The highest BCUT2D eigenvalue weighted by molar-refractivity contribution is 7.14. The molecule has 4 rings (SSSR count). The van der Waals surface area contributed by atoms with Gasteiger partial charge in [-0.1, -0.05) is 29.8 Å². The Labute approximate surface area is 184 Å². The Kier molecular flexibility index (Phi) is 5.22. The van der Waals surface area contributed by atoms with E-state index in [0.717, 1.165) is 28.1 Å². The number of carbonyl (C=O) groups excluding carboxylic acids is 2. The van der Waals surface area contributed by atoms with Crippen molar-refractivity contribution in [3.63, 3.8) is 0 Å². The number of hydrogen-bond donors (Lipinski definition) is 1. The summed E-state index contributed by atoms with van der Waals surface area (Å²) in [6, 6.07) is 13.1. The summed E-state index contributed by atoms with van der Waals surface area (Å²) >= 11 is 7.23. The third kappa shape index (κ3) is 3.76. The largest absolute Gasteiger partial charge is 0.314 e. The number of carbonyl (C=O) groups is 2. The number of hydrogen-bond acceptors (Lipinski definition) is 4. The second-order valence-corrected chi connectivity index (χ2v) is 8.93. The second kappa shape index (κ2) is 7.70. The third-order valence-corrected chi connectivity index (χ3v) is 6.21. The van der Waals surface area contributed by atoms with Crippen LogP contribution in [0.15, 0.2) is 53.9 Å². The monoisotopic (exact) mass is 437 g/mol. The smallest absolute Gasteiger partial charge is 0.250 e. The number of halogens is 1. The Hall–Kier alpha value is -2.96. The van der Waals surface area contributed by atoms with Gasteiger partial charge in [-0.25, -0.2) is 4.98 Å². The number of anilines is 2. The molecule has 0 spiro atoms. The minimum Gasteiger partial charge on any atom is -0.314 e. The quantitative estimate of drug-likeness (QED) is 0.558. The van der Waals surface area contributed by atoms with Crippen molar-refractivity contribution in [2.45, 2.75) is 19.3 Å². The summed E-state index contributed by atoms with van der Waals surface area (Å²) in [4.78, 5) is 30.9. The van der Waals surface area contributed by atoms with Crippen LogP contribution in [0.3, 0.4) is 0 Å². The number of rotatable bonds is 4. The lowest BCUT2D eigenvalue weighted by atomic mass is 9.85. The molecule has 2 amide bonds. The number of aromatic nitrogens is 1. The molecular formula is C23H20ClN3O2S. The van der Waals surface area contributed by atoms with Gasteiger partial charge in [-0.2, -0.15) is 0 Å². The van der Waals surface area contributed by atoms with Gasteiger partial charge in [0.25, 0.3) is 0 Å². The van der Waals surface area contributed by atoms with Gasteiger partial charge in [-0.3, -0.25) is 14.9 Å². The molecular weight excluding hydrogens is 418 g/mol. The first-order valence-electron chi connectivity index (χ1n) is 9.39. The molecule has 0 fully saturated rings. The fourth-order valence-electron chi connectivity index (χ4n) is 3.49. The van der Waals surface area contributed by atoms with Crippen molar-refractivity contribution in [1.29, 1.82) is 0 Å². The van der Waals surface area contributed by atoms with Crippen molar-refractivity contribution < 1.29 is 9.59 Å². The standard InChI is InChI=1S/C23H20ClN3O2S/c1-23(2)17-12-15(7-10-19(17)27(3)21(23)29)18-13-30-22(25-18)26-20(28)11-6-14-4-8-16(24)9-5-14/h4-13H,1-3H3,(H,25,26,28)/b11-6+. The lowest BCUT2D eigenvalue weighted by Crippen LogP contribution is -2.33. The van der Waals surface area contributed by atoms with Crippen LogP contribution in [0.5, 0.6) is 0 Å². The van der Waals surface area contributed by atoms with Gasteiger partial charge in [0.05, 0.1) is 11.1 Å². The number of fused-ring (bicyclic) bond motifs is 1. The first-order valence-corrected chi connectivity index (χ1v) is 10.6. The van der Waals surface area contributed by atoms with Gasteiger partial charge >= 0.3 is 0 Å². The summed E-state index contributed by atoms with van der Waals surface area (Å²) in [5.74, 6) is -0.179. The zero-order valence-corrected chi connectivity index (χ0v) is 18.3. The number of thiazole rings is 1. The van der Waals surface area contributed by atoms with Crippen molar-refractivity contribution in [2.24, 2.45) is 0 Å². The zero-order valence-electron chi connectivity index (χ0n) is 16.8. The predicted octanol–water partition coefficient (Wildman–Crippen LogP) is 5.37. The summed E-state index contributed by atoms with van der Waals surface area (Å²) in [5, 5.41) is 5.85. The molecule has 1 N–H and O–H groups in total. The zero-order chi connectivity index (χ0) is 21.5. The first kappa shape index (κ1) is 20.3. The summed E-state index contributed by atoms with van der Waals surface area (Å²) in [6.07, 6.45) is 3.18. The summed E-state index contributed by atoms with van der Waals surface area (Å²) in [6.45, 7) is 3.86. The predicted molar refractivity (Wildman–Crippen MR) is 123 cm³/mol. The van der Waals surface area contributed by atoms with Gasteiger partial charge in [0.1, 0.15) is 0 Å². The van der Waals surface area contributed by atoms with E-state index in [0.29, 0.717) is 10.2 Å². The maximum atomic E-state index is 12.5. The van der Waals surface area contributed by atoms with Crippen LogP contribution >= 0.6 is 22.9 Å². The van der Waals surface area contributed by atoms with Crippen LogP contribution in [0, 0.1) is 0 Å². The number of nitrogens with one attached hydrogen (secondary N) is 1. The van der Waals surface area contributed by atoms with Crippen LogP contribution in [0.4, 0.5) is 10.8 Å². The third-order valence-electron chi connectivity index (χ3n) is 5.20. The summed E-state index contributed by atoms with van der Waals surface area (Å²) in [5.41, 5.74) is 3.90. The Morgan fingerprint density at radius 2 is 1.93 bits per heavy atom. The lowest BCUT2D eigenvalue weighted by Gasteiger charge is -2.16. The highest BCUT2D eigenvalue weighted by Crippen LogP contribution is 2.42. The molecule has 7 heteroatoms. The molecule has 1 aromatic heterocycles. The maximum absolute atomic E-state index is 12.5. The average Bonchev–Trinajstić information content (AvgIpc) is 3.25. The Morgan fingerprint density at radius 3 is 2.67 bits per heavy atom. The van der Waals surface area contributed by atoms with Crippen LogP contribution in [-0.2, 0) is 15.0 Å². The average molecular weight is 438 g/mol. The molecule has 0 saturated heterocycles. The fraction of sp³-hybridized carbons (Fsp3) is 0.174. The molecule has 152 valence electrons. The maximum Gasteiger partial charge on any atom is 0.250 e. The van der Waals surface area contributed by atoms with Crippen LogP contribution in [0.1, 0.15) is 25.0 Å². The van der Waals surface area contributed by atoms with E-state index in [2.05, 4.69) is 10.3 Å². The Balaban J connectivity index is 1.50. The van der Waals surface area contributed by atoms with Gasteiger partial charge in [-0.05, 0) is 55.3 Å². The molecule has 5 nitrogen and oxygen atoms in total. The van der Waals surface area contributed by atoms with E-state index in [1.165, 1.54) is 17.4 Å². The summed E-state index contributed by atoms with van der Waals surface area (Å²) < 4.78 is 0. The molecule has 0 saturated carbocycles. The SMILES string of the molecule is CN1C(=O)C(C)(C)c2cc(-c3csc(NC(=O)/C=C/c4ccc(Cl)cc4)n3)ccc21. The van der Waals surface area contributed by atoms with E-state index in [-0.39, 0.29) is 11.8 Å². The van der Waals surface area contributed by atoms with Gasteiger partial charge in [0.2, 0.25) is 11.8 Å². The van der Waals surface area contributed by atoms with Gasteiger partial charge in [0.15, 0.2) is 5.13 Å². The van der Waals surface area contributed by atoms with E-state index in [9.17, 15) is 9.59 Å². The Bertz CT molecular complexity index is 1170. The van der Waals surface area contributed by atoms with Crippen molar-refractivity contribution in [1.82, 2.24) is 4.98 Å². The molecule has 0 radical (unpaired) electrons. The first-order chi connectivity index (χ1) is 14.3. The van der Waals surface area contributed by atoms with Gasteiger partial charge in [0, 0.05) is 34.8 Å². The van der Waals surface area contributed by atoms with Gasteiger partial charge in [-0.15, -0.1) is 11.3 Å². The molecule has 0 unspecified atom stereocenters. The Morgan fingerprint density at radius 1 is 1.20 bits per heavy atom. The van der Waals surface area contributed by atoms with E-state index in [4.69, 9.17) is 11.6 Å². The number of amides is 2. The van der Waals surface area contributed by atoms with Crippen molar-refractivity contribution in [3.8, 4) is 11.3 Å². The topological polar surface area (TPSA) is 62.3 Å². The summed E-state index contributed by atoms with van der Waals surface area (Å²) in [7, 11) is 1.80. The van der Waals surface area contributed by atoms with E-state index < -0.39 is 5.41 Å². The fourth-order valence-corrected chi connectivity index (χ4v) is 4.34.